The van der Waals surface area contributed by atoms with Crippen LogP contribution in [0.25, 0.3) is 49.3 Å². The molecule has 1 fully saturated rings. The fourth-order valence-electron chi connectivity index (χ4n) is 4.44. The van der Waals surface area contributed by atoms with Crippen LogP contribution in [0.3, 0.4) is 0 Å². The molecule has 1 aliphatic carbocycles. The van der Waals surface area contributed by atoms with E-state index in [4.69, 9.17) is 0 Å². The zero-order chi connectivity index (χ0) is 24.6. The Labute approximate surface area is 213 Å². The van der Waals surface area contributed by atoms with Gasteiger partial charge in [0.25, 0.3) is 0 Å². The van der Waals surface area contributed by atoms with E-state index in [1.165, 1.54) is 17.7 Å². The van der Waals surface area contributed by atoms with Crippen LogP contribution in [0.5, 0.6) is 0 Å². The molecular weight excluding hydrogens is 464 g/mol. The minimum Gasteiger partial charge on any atom is -0.359 e. The maximum atomic E-state index is 4.64. The zero-order valence-electron chi connectivity index (χ0n) is 20.0. The van der Waals surface area contributed by atoms with Crippen LogP contribution in [0.1, 0.15) is 25.3 Å². The molecule has 1 aliphatic rings. The predicted octanol–water partition coefficient (Wildman–Crippen LogP) is 7.22. The Bertz CT molecular complexity index is 1660. The van der Waals surface area contributed by atoms with E-state index in [1.54, 1.807) is 11.3 Å². The largest absolute Gasteiger partial charge is 0.359 e. The van der Waals surface area contributed by atoms with Crippen LogP contribution in [-0.4, -0.2) is 25.1 Å². The molecule has 5 aromatic heterocycles. The Morgan fingerprint density at radius 3 is 2.83 bits per heavy atom. The number of nitrogens with zero attached hydrogens (tertiary/aromatic N) is 3. The minimum absolute atomic E-state index is 0.570. The lowest BCUT2D eigenvalue weighted by molar-refractivity contribution is 0.865. The third kappa shape index (κ3) is 4.07. The summed E-state index contributed by atoms with van der Waals surface area (Å²) in [5.41, 5.74) is 8.65. The first kappa shape index (κ1) is 22.2. The van der Waals surface area contributed by atoms with Crippen LogP contribution in [0.2, 0.25) is 0 Å². The molecule has 6 nitrogen and oxygen atoms in total. The molecule has 3 N–H and O–H groups in total. The summed E-state index contributed by atoms with van der Waals surface area (Å²) >= 11 is 1.71. The summed E-state index contributed by atoms with van der Waals surface area (Å²) in [5.74, 6) is 0.570. The number of H-pyrrole nitrogens is 2. The van der Waals surface area contributed by atoms with Crippen molar-refractivity contribution in [3.63, 3.8) is 0 Å². The average Bonchev–Trinajstić information content (AvgIpc) is 3.28. The van der Waals surface area contributed by atoms with Crippen molar-refractivity contribution < 1.29 is 0 Å². The van der Waals surface area contributed by atoms with Crippen LogP contribution >= 0.6 is 11.3 Å². The number of aromatic amines is 2. The number of aromatic nitrogens is 5. The van der Waals surface area contributed by atoms with Crippen LogP contribution in [-0.2, 0) is 0 Å². The van der Waals surface area contributed by atoms with Crippen molar-refractivity contribution in [3.05, 3.63) is 96.6 Å². The highest BCUT2D eigenvalue weighted by molar-refractivity contribution is 7.13. The van der Waals surface area contributed by atoms with Crippen molar-refractivity contribution in [1.82, 2.24) is 30.5 Å². The monoisotopic (exact) mass is 490 g/mol. The summed E-state index contributed by atoms with van der Waals surface area (Å²) in [6.45, 7) is 10.2. The van der Waals surface area contributed by atoms with Gasteiger partial charge in [-0.1, -0.05) is 25.3 Å². The molecule has 5 heterocycles. The summed E-state index contributed by atoms with van der Waals surface area (Å²) in [5, 5.41) is 15.2. The number of nitrogens with one attached hydrogen (secondary N) is 3. The molecule has 0 aromatic carbocycles. The van der Waals surface area contributed by atoms with Crippen molar-refractivity contribution in [1.29, 1.82) is 0 Å². The lowest BCUT2D eigenvalue weighted by Crippen LogP contribution is -2.11. The topological polar surface area (TPSA) is 82.3 Å². The number of fused-ring (bicyclic) bond motifs is 2. The molecular formula is C29H26N6S. The van der Waals surface area contributed by atoms with Gasteiger partial charge in [0, 0.05) is 50.6 Å². The van der Waals surface area contributed by atoms with Gasteiger partial charge in [0.05, 0.1) is 23.1 Å². The van der Waals surface area contributed by atoms with Gasteiger partial charge in [-0.25, -0.2) is 4.98 Å². The van der Waals surface area contributed by atoms with Gasteiger partial charge in [0.2, 0.25) is 0 Å². The second-order valence-corrected chi connectivity index (χ2v) is 9.92. The highest BCUT2D eigenvalue weighted by Gasteiger charge is 2.24. The summed E-state index contributed by atoms with van der Waals surface area (Å²) in [7, 11) is 0. The maximum absolute atomic E-state index is 4.64. The van der Waals surface area contributed by atoms with Crippen LogP contribution < -0.4 is 5.32 Å². The SMILES string of the molecule is C=C/C(=C\C(=C/C)c1cnc2n[nH]c(-c3cc4c(-c5cccs5)cncc4[nH]3)c2c1)NC(=C)C1CC1. The van der Waals surface area contributed by atoms with Gasteiger partial charge in [-0.2, -0.15) is 5.10 Å². The van der Waals surface area contributed by atoms with Crippen molar-refractivity contribution in [2.45, 2.75) is 19.8 Å². The fourth-order valence-corrected chi connectivity index (χ4v) is 5.19. The van der Waals surface area contributed by atoms with E-state index in [0.29, 0.717) is 11.6 Å². The molecule has 5 aromatic rings. The standard InChI is InChI=1S/C29H26N6S/c1-4-18(11-21(5-2)32-17(3)19-8-9-19)20-12-23-28(34-35-29(23)31-14-20)25-13-22-24(27-7-6-10-36-27)15-30-16-26(22)33-25/h4-7,10-16,19,32-33H,2-3,8-9H2,1H3,(H,31,34,35)/b18-4+,21-11+. The van der Waals surface area contributed by atoms with Crippen molar-refractivity contribution in [2.75, 3.05) is 0 Å². The normalized spacial score (nSPS) is 14.5. The summed E-state index contributed by atoms with van der Waals surface area (Å²) in [4.78, 5) is 13.8. The Morgan fingerprint density at radius 1 is 1.19 bits per heavy atom. The van der Waals surface area contributed by atoms with Gasteiger partial charge in [-0.05, 0) is 67.0 Å². The van der Waals surface area contributed by atoms with E-state index in [-0.39, 0.29) is 0 Å². The summed E-state index contributed by atoms with van der Waals surface area (Å²) in [6.07, 6.45) is 14.0. The molecule has 36 heavy (non-hydrogen) atoms. The van der Waals surface area contributed by atoms with Gasteiger partial charge in [0.15, 0.2) is 5.65 Å². The number of rotatable bonds is 8. The molecule has 6 rings (SSSR count). The second-order valence-electron chi connectivity index (χ2n) is 8.97. The number of thiophene rings is 1. The fraction of sp³-hybridized carbons (Fsp3) is 0.138. The molecule has 0 unspecified atom stereocenters. The minimum atomic E-state index is 0.570. The maximum Gasteiger partial charge on any atom is 0.181 e. The molecule has 0 amide bonds. The predicted molar refractivity (Wildman–Crippen MR) is 149 cm³/mol. The van der Waals surface area contributed by atoms with Gasteiger partial charge in [0.1, 0.15) is 0 Å². The number of hydrogen-bond donors (Lipinski definition) is 3. The quantitative estimate of drug-likeness (QED) is 0.201. The summed E-state index contributed by atoms with van der Waals surface area (Å²) < 4.78 is 0. The Kier molecular flexibility index (Phi) is 5.62. The number of allylic oxidation sites excluding steroid dienone is 5. The van der Waals surface area contributed by atoms with Crippen LogP contribution in [0, 0.1) is 5.92 Å². The molecule has 0 spiro atoms. The molecule has 178 valence electrons. The third-order valence-corrected chi connectivity index (χ3v) is 7.46. The van der Waals surface area contributed by atoms with E-state index in [9.17, 15) is 0 Å². The van der Waals surface area contributed by atoms with Gasteiger partial charge >= 0.3 is 0 Å². The molecule has 0 radical (unpaired) electrons. The van der Waals surface area contributed by atoms with Gasteiger partial charge in [-0.3, -0.25) is 10.1 Å². The zero-order valence-corrected chi connectivity index (χ0v) is 20.8. The molecule has 7 heteroatoms. The smallest absolute Gasteiger partial charge is 0.181 e. The first-order chi connectivity index (χ1) is 17.6. The van der Waals surface area contributed by atoms with Crippen LogP contribution in [0.4, 0.5) is 0 Å². The highest BCUT2D eigenvalue weighted by Crippen LogP contribution is 2.36. The lowest BCUT2D eigenvalue weighted by Gasteiger charge is -2.11. The Balaban J connectivity index is 1.39. The molecule has 1 saturated carbocycles. The van der Waals surface area contributed by atoms with E-state index >= 15 is 0 Å². The third-order valence-electron chi connectivity index (χ3n) is 6.56. The van der Waals surface area contributed by atoms with E-state index in [1.807, 2.05) is 31.6 Å². The summed E-state index contributed by atoms with van der Waals surface area (Å²) in [6, 6.07) is 8.47. The first-order valence-corrected chi connectivity index (χ1v) is 12.8. The second kappa shape index (κ2) is 9.09. The Morgan fingerprint density at radius 2 is 2.08 bits per heavy atom. The van der Waals surface area contributed by atoms with Crippen LogP contribution in [0.15, 0.2) is 91.0 Å². The molecule has 0 atom stereocenters. The number of pyridine rings is 2. The molecule has 0 saturated heterocycles. The van der Waals surface area contributed by atoms with E-state index in [0.717, 1.165) is 55.8 Å². The van der Waals surface area contributed by atoms with Gasteiger partial charge < -0.3 is 10.3 Å². The number of hydrogen-bond acceptors (Lipinski definition) is 5. The highest BCUT2D eigenvalue weighted by atomic mass is 32.1. The Hall–Kier alpha value is -4.23. The van der Waals surface area contributed by atoms with E-state index in [2.05, 4.69) is 85.4 Å². The molecule has 0 aliphatic heterocycles. The van der Waals surface area contributed by atoms with Crippen molar-refractivity contribution >= 4 is 38.8 Å². The molecule has 0 bridgehead atoms. The van der Waals surface area contributed by atoms with E-state index < -0.39 is 0 Å². The first-order valence-electron chi connectivity index (χ1n) is 12.0. The lowest BCUT2D eigenvalue weighted by atomic mass is 10.0. The van der Waals surface area contributed by atoms with Crippen molar-refractivity contribution in [3.8, 4) is 21.8 Å². The van der Waals surface area contributed by atoms with Gasteiger partial charge in [-0.15, -0.1) is 11.3 Å². The average molecular weight is 491 g/mol. The van der Waals surface area contributed by atoms with Crippen molar-refractivity contribution in [2.24, 2.45) is 5.92 Å².